The highest BCUT2D eigenvalue weighted by molar-refractivity contribution is 5.92. The molecule has 1 N–H and O–H groups in total. The van der Waals surface area contributed by atoms with Crippen molar-refractivity contribution in [3.63, 3.8) is 0 Å². The summed E-state index contributed by atoms with van der Waals surface area (Å²) in [4.78, 5) is 22.1. The second-order valence-electron chi connectivity index (χ2n) is 3.86. The number of carbonyl (C=O) groups is 1. The molecule has 1 heterocycles. The van der Waals surface area contributed by atoms with Crippen molar-refractivity contribution in [1.82, 2.24) is 14.9 Å². The van der Waals surface area contributed by atoms with Gasteiger partial charge >= 0.3 is 0 Å². The molecule has 1 aromatic heterocycles. The number of anilines is 1. The van der Waals surface area contributed by atoms with Gasteiger partial charge in [-0.15, -0.1) is 0 Å². The van der Waals surface area contributed by atoms with Crippen molar-refractivity contribution < 1.29 is 4.79 Å². The Labute approximate surface area is 94.9 Å². The Morgan fingerprint density at radius 2 is 2.25 bits per heavy atom. The largest absolute Gasteiger partial charge is 0.372 e. The first-order valence-electron chi connectivity index (χ1n) is 5.57. The van der Waals surface area contributed by atoms with Crippen molar-refractivity contribution in [1.29, 1.82) is 0 Å². The summed E-state index contributed by atoms with van der Waals surface area (Å²) >= 11 is 0. The zero-order valence-corrected chi connectivity index (χ0v) is 9.60. The van der Waals surface area contributed by atoms with Crippen LogP contribution in [0.15, 0.2) is 12.4 Å². The van der Waals surface area contributed by atoms with Gasteiger partial charge in [0.1, 0.15) is 11.5 Å². The van der Waals surface area contributed by atoms with Crippen LogP contribution in [0.1, 0.15) is 30.3 Å². The van der Waals surface area contributed by atoms with E-state index in [0.29, 0.717) is 17.6 Å². The molecule has 0 saturated heterocycles. The van der Waals surface area contributed by atoms with Gasteiger partial charge in [0.25, 0.3) is 5.91 Å². The van der Waals surface area contributed by atoms with E-state index >= 15 is 0 Å². The van der Waals surface area contributed by atoms with Crippen molar-refractivity contribution in [2.75, 3.05) is 18.9 Å². The Hall–Kier alpha value is -1.65. The second kappa shape index (κ2) is 4.47. The summed E-state index contributed by atoms with van der Waals surface area (Å²) in [5.74, 6) is 0.658. The zero-order valence-electron chi connectivity index (χ0n) is 9.60. The average Bonchev–Trinajstić information content (AvgIpc) is 3.14. The fourth-order valence-electron chi connectivity index (χ4n) is 1.67. The molecule has 5 heteroatoms. The fraction of sp³-hybridized carbons (Fsp3) is 0.545. The van der Waals surface area contributed by atoms with Crippen LogP contribution in [0.3, 0.4) is 0 Å². The van der Waals surface area contributed by atoms with E-state index in [-0.39, 0.29) is 5.91 Å². The molecule has 0 bridgehead atoms. The summed E-state index contributed by atoms with van der Waals surface area (Å²) in [5, 5.41) is 2.87. The average molecular weight is 220 g/mol. The first-order chi connectivity index (χ1) is 7.76. The number of nitrogens with one attached hydrogen (secondary N) is 1. The van der Waals surface area contributed by atoms with E-state index in [1.165, 1.54) is 6.20 Å². The molecular formula is C11H16N4O. The third-order valence-corrected chi connectivity index (χ3v) is 2.72. The van der Waals surface area contributed by atoms with Crippen molar-refractivity contribution >= 4 is 11.7 Å². The van der Waals surface area contributed by atoms with Gasteiger partial charge in [-0.1, -0.05) is 0 Å². The summed E-state index contributed by atoms with van der Waals surface area (Å²) in [6.07, 6.45) is 5.33. The predicted octanol–water partition coefficient (Wildman–Crippen LogP) is 1.14. The van der Waals surface area contributed by atoms with Crippen molar-refractivity contribution in [3.05, 3.63) is 18.1 Å². The van der Waals surface area contributed by atoms with E-state index in [4.69, 9.17) is 0 Å². The van der Waals surface area contributed by atoms with E-state index in [1.54, 1.807) is 13.2 Å². The van der Waals surface area contributed by atoms with E-state index in [9.17, 15) is 4.79 Å². The lowest BCUT2D eigenvalue weighted by Crippen LogP contribution is -2.33. The molecule has 1 aromatic rings. The number of hydrogen-bond donors (Lipinski definition) is 1. The van der Waals surface area contributed by atoms with Crippen molar-refractivity contribution in [2.45, 2.75) is 25.8 Å². The topological polar surface area (TPSA) is 58.1 Å². The minimum Gasteiger partial charge on any atom is -0.372 e. The molecule has 1 saturated carbocycles. The summed E-state index contributed by atoms with van der Waals surface area (Å²) in [7, 11) is 1.77. The summed E-state index contributed by atoms with van der Waals surface area (Å²) < 4.78 is 0. The Kier molecular flexibility index (Phi) is 3.03. The van der Waals surface area contributed by atoms with Gasteiger partial charge in [-0.3, -0.25) is 4.79 Å². The van der Waals surface area contributed by atoms with Gasteiger partial charge in [-0.2, -0.15) is 0 Å². The lowest BCUT2D eigenvalue weighted by molar-refractivity contribution is 0.0746. The van der Waals surface area contributed by atoms with Gasteiger partial charge in [-0.25, -0.2) is 9.97 Å². The predicted molar refractivity (Wildman–Crippen MR) is 61.3 cm³/mol. The van der Waals surface area contributed by atoms with E-state index < -0.39 is 0 Å². The molecule has 1 aliphatic carbocycles. The van der Waals surface area contributed by atoms with Crippen LogP contribution >= 0.6 is 0 Å². The van der Waals surface area contributed by atoms with Crippen LogP contribution in [0, 0.1) is 0 Å². The first kappa shape index (κ1) is 10.9. The molecule has 0 aromatic carbocycles. The molecule has 0 spiro atoms. The van der Waals surface area contributed by atoms with Gasteiger partial charge in [0.15, 0.2) is 0 Å². The maximum atomic E-state index is 12.1. The van der Waals surface area contributed by atoms with Gasteiger partial charge in [0.2, 0.25) is 0 Å². The lowest BCUT2D eigenvalue weighted by atomic mass is 10.3. The van der Waals surface area contributed by atoms with Crippen LogP contribution in [0.25, 0.3) is 0 Å². The van der Waals surface area contributed by atoms with Crippen LogP contribution < -0.4 is 5.32 Å². The summed E-state index contributed by atoms with van der Waals surface area (Å²) in [6, 6.07) is 0.420. The van der Waals surface area contributed by atoms with E-state index in [1.807, 2.05) is 11.8 Å². The Bertz CT molecular complexity index is 372. The second-order valence-corrected chi connectivity index (χ2v) is 3.86. The van der Waals surface area contributed by atoms with E-state index in [0.717, 1.165) is 19.4 Å². The molecule has 86 valence electrons. The smallest absolute Gasteiger partial charge is 0.274 e. The fourth-order valence-corrected chi connectivity index (χ4v) is 1.67. The molecule has 0 radical (unpaired) electrons. The van der Waals surface area contributed by atoms with Crippen LogP contribution in [-0.4, -0.2) is 40.4 Å². The molecular weight excluding hydrogens is 204 g/mol. The molecule has 2 rings (SSSR count). The van der Waals surface area contributed by atoms with Crippen LogP contribution in [0.2, 0.25) is 0 Å². The van der Waals surface area contributed by atoms with Gasteiger partial charge in [0, 0.05) is 19.6 Å². The number of rotatable bonds is 4. The van der Waals surface area contributed by atoms with Crippen molar-refractivity contribution in [3.8, 4) is 0 Å². The van der Waals surface area contributed by atoms with Gasteiger partial charge in [0.05, 0.1) is 12.4 Å². The van der Waals surface area contributed by atoms with Crippen LogP contribution in [-0.2, 0) is 0 Å². The quantitative estimate of drug-likeness (QED) is 0.826. The van der Waals surface area contributed by atoms with Gasteiger partial charge < -0.3 is 10.2 Å². The van der Waals surface area contributed by atoms with Crippen LogP contribution in [0.4, 0.5) is 5.82 Å². The van der Waals surface area contributed by atoms with E-state index in [2.05, 4.69) is 15.3 Å². The minimum atomic E-state index is -0.0137. The Morgan fingerprint density at radius 3 is 2.69 bits per heavy atom. The molecule has 1 aliphatic rings. The zero-order chi connectivity index (χ0) is 11.5. The summed E-state index contributed by atoms with van der Waals surface area (Å²) in [5.41, 5.74) is 0.424. The molecule has 0 aliphatic heterocycles. The summed E-state index contributed by atoms with van der Waals surface area (Å²) in [6.45, 7) is 2.73. The van der Waals surface area contributed by atoms with Crippen molar-refractivity contribution in [2.24, 2.45) is 0 Å². The molecule has 1 fully saturated rings. The molecule has 1 amide bonds. The molecule has 5 nitrogen and oxygen atoms in total. The number of hydrogen-bond acceptors (Lipinski definition) is 4. The van der Waals surface area contributed by atoms with Gasteiger partial charge in [-0.05, 0) is 19.8 Å². The van der Waals surface area contributed by atoms with Crippen LogP contribution in [0.5, 0.6) is 0 Å². The molecule has 0 atom stereocenters. The SMILES string of the molecule is CCN(C(=O)c1cnc(NC)cn1)C1CC1. The highest BCUT2D eigenvalue weighted by Gasteiger charge is 2.32. The normalized spacial score (nSPS) is 14.6. The molecule has 0 unspecified atom stereocenters. The maximum Gasteiger partial charge on any atom is 0.274 e. The first-order valence-corrected chi connectivity index (χ1v) is 5.57. The lowest BCUT2D eigenvalue weighted by Gasteiger charge is -2.19. The monoisotopic (exact) mass is 220 g/mol. The number of amides is 1. The molecule has 16 heavy (non-hydrogen) atoms. The number of aromatic nitrogens is 2. The maximum absolute atomic E-state index is 12.1. The number of carbonyl (C=O) groups excluding carboxylic acids is 1. The highest BCUT2D eigenvalue weighted by atomic mass is 16.2. The highest BCUT2D eigenvalue weighted by Crippen LogP contribution is 2.27. The minimum absolute atomic E-state index is 0.0137. The Morgan fingerprint density at radius 1 is 1.50 bits per heavy atom. The number of nitrogens with zero attached hydrogens (tertiary/aromatic N) is 3. The third kappa shape index (κ3) is 2.13. The Balaban J connectivity index is 2.12. The third-order valence-electron chi connectivity index (χ3n) is 2.72. The standard InChI is InChI=1S/C11H16N4O/c1-3-15(8-4-5-8)11(16)9-6-14-10(12-2)7-13-9/h6-8H,3-5H2,1-2H3,(H,12,14).